The van der Waals surface area contributed by atoms with Gasteiger partial charge in [0.05, 0.1) is 29.9 Å². The van der Waals surface area contributed by atoms with Crippen LogP contribution in [0.25, 0.3) is 0 Å². The van der Waals surface area contributed by atoms with E-state index in [4.69, 9.17) is 23.7 Å². The van der Waals surface area contributed by atoms with Gasteiger partial charge in [0.25, 0.3) is 0 Å². The Kier molecular flexibility index (Phi) is 9.34. The van der Waals surface area contributed by atoms with Gasteiger partial charge in [0, 0.05) is 42.0 Å². The highest BCUT2D eigenvalue weighted by Crippen LogP contribution is 2.54. The van der Waals surface area contributed by atoms with Crippen LogP contribution < -0.4 is 0 Å². The fourth-order valence-electron chi connectivity index (χ4n) is 12.0. The standard InChI is InChI=1S/C22H31NO5.C18H27NO4/c1-4-14-19-16-8-7-15(18-10-12(2)20(24)26-18)23(16)9-5-6-17(19)27-22(14)11-13(3)21(25)28-22;1-11-9-14(22-16(11)20)13-5-6-15-18(7-3-4-8-19(13)15)10-12(2)17(21)23-18/h11-12,14-19H,4-10H2,1-3H3;11-15H,3-10H2,1-2H3/t12-,14-,15-,16-,17+,18-,19+,22-;11-,12+,13-,14-,15-,18-/m00/s1. The van der Waals surface area contributed by atoms with Gasteiger partial charge in [0.1, 0.15) is 17.8 Å². The summed E-state index contributed by atoms with van der Waals surface area (Å²) in [7, 11) is 0. The van der Waals surface area contributed by atoms with Gasteiger partial charge in [0.2, 0.25) is 5.79 Å². The molecule has 8 saturated heterocycles. The number of nitrogens with zero attached hydrogens (tertiary/aromatic N) is 2. The molecule has 0 saturated carbocycles. The minimum atomic E-state index is -0.874. The van der Waals surface area contributed by atoms with E-state index in [9.17, 15) is 19.2 Å². The molecule has 2 spiro atoms. The fraction of sp³-hybridized carbons (Fsp3) is 0.850. The Balaban J connectivity index is 0.000000150. The van der Waals surface area contributed by atoms with Crippen molar-refractivity contribution in [3.8, 4) is 0 Å². The van der Waals surface area contributed by atoms with Crippen molar-refractivity contribution in [3.63, 3.8) is 0 Å². The molecule has 0 N–H and O–H groups in total. The zero-order chi connectivity index (χ0) is 35.8. The molecule has 0 unspecified atom stereocenters. The van der Waals surface area contributed by atoms with Gasteiger partial charge < -0.3 is 23.7 Å². The van der Waals surface area contributed by atoms with Crippen molar-refractivity contribution in [1.82, 2.24) is 9.80 Å². The van der Waals surface area contributed by atoms with Crippen molar-refractivity contribution in [2.24, 2.45) is 29.6 Å². The van der Waals surface area contributed by atoms with Crippen molar-refractivity contribution >= 4 is 23.9 Å². The van der Waals surface area contributed by atoms with E-state index in [-0.39, 0.29) is 71.5 Å². The molecule has 282 valence electrons. The van der Waals surface area contributed by atoms with E-state index in [1.807, 2.05) is 33.8 Å². The maximum Gasteiger partial charge on any atom is 0.336 e. The summed E-state index contributed by atoms with van der Waals surface area (Å²) < 4.78 is 29.7. The van der Waals surface area contributed by atoms with E-state index in [0.29, 0.717) is 35.7 Å². The number of hydrogen-bond acceptors (Lipinski definition) is 11. The van der Waals surface area contributed by atoms with Gasteiger partial charge in [-0.05, 0) is 103 Å². The van der Waals surface area contributed by atoms with Crippen LogP contribution in [0.5, 0.6) is 0 Å². The maximum atomic E-state index is 12.2. The third-order valence-electron chi connectivity index (χ3n) is 14.3. The van der Waals surface area contributed by atoms with Crippen molar-refractivity contribution in [3.05, 3.63) is 11.6 Å². The Labute approximate surface area is 302 Å². The summed E-state index contributed by atoms with van der Waals surface area (Å²) in [4.78, 5) is 53.1. The van der Waals surface area contributed by atoms with E-state index in [2.05, 4.69) is 16.7 Å². The molecule has 0 aliphatic carbocycles. The molecule has 11 nitrogen and oxygen atoms in total. The van der Waals surface area contributed by atoms with Crippen molar-refractivity contribution in [2.45, 2.75) is 172 Å². The number of ether oxygens (including phenoxy) is 5. The number of carbonyl (C=O) groups is 4. The van der Waals surface area contributed by atoms with Gasteiger partial charge in [-0.2, -0.15) is 0 Å². The lowest BCUT2D eigenvalue weighted by atomic mass is 9.77. The van der Waals surface area contributed by atoms with Crippen LogP contribution in [-0.2, 0) is 42.9 Å². The highest BCUT2D eigenvalue weighted by molar-refractivity contribution is 5.90. The van der Waals surface area contributed by atoms with Gasteiger partial charge >= 0.3 is 23.9 Å². The summed E-state index contributed by atoms with van der Waals surface area (Å²) in [5, 5.41) is 0. The van der Waals surface area contributed by atoms with E-state index in [1.165, 1.54) is 0 Å². The quantitative estimate of drug-likeness (QED) is 0.288. The zero-order valence-corrected chi connectivity index (χ0v) is 31.2. The average Bonchev–Trinajstić information content (AvgIpc) is 3.94. The molecule has 9 aliphatic heterocycles. The van der Waals surface area contributed by atoms with Gasteiger partial charge in [-0.3, -0.25) is 24.2 Å². The first kappa shape index (κ1) is 35.5. The molecule has 0 radical (unpaired) electrons. The number of esters is 4. The molecule has 11 heteroatoms. The second kappa shape index (κ2) is 13.4. The monoisotopic (exact) mass is 710 g/mol. The van der Waals surface area contributed by atoms with E-state index in [0.717, 1.165) is 96.6 Å². The predicted molar refractivity (Wildman–Crippen MR) is 185 cm³/mol. The molecule has 0 bridgehead atoms. The van der Waals surface area contributed by atoms with Crippen molar-refractivity contribution in [1.29, 1.82) is 0 Å². The molecule has 0 aromatic carbocycles. The molecule has 8 fully saturated rings. The third-order valence-corrected chi connectivity index (χ3v) is 14.3. The van der Waals surface area contributed by atoms with Gasteiger partial charge in [-0.25, -0.2) is 4.79 Å². The Morgan fingerprint density at radius 1 is 0.725 bits per heavy atom. The number of fused-ring (bicyclic) bond motifs is 5. The number of carbonyl (C=O) groups excluding carboxylic acids is 4. The van der Waals surface area contributed by atoms with E-state index >= 15 is 0 Å². The van der Waals surface area contributed by atoms with Crippen LogP contribution in [0, 0.1) is 29.6 Å². The first-order valence-electron chi connectivity index (χ1n) is 20.2. The van der Waals surface area contributed by atoms with E-state index in [1.54, 1.807) is 0 Å². The Hall–Kier alpha value is -2.50. The smallest absolute Gasteiger partial charge is 0.336 e. The highest BCUT2D eigenvalue weighted by Gasteiger charge is 2.63. The number of rotatable bonds is 3. The maximum absolute atomic E-state index is 12.2. The minimum Gasteiger partial charge on any atom is -0.460 e. The molecule has 0 aromatic heterocycles. The first-order valence-corrected chi connectivity index (χ1v) is 20.2. The molecule has 0 aromatic rings. The molecule has 9 rings (SSSR count). The summed E-state index contributed by atoms with van der Waals surface area (Å²) in [6, 6.07) is 1.33. The summed E-state index contributed by atoms with van der Waals surface area (Å²) in [6.07, 6.45) is 15.1. The van der Waals surface area contributed by atoms with Crippen LogP contribution in [0.4, 0.5) is 0 Å². The van der Waals surface area contributed by atoms with Crippen LogP contribution in [-0.4, -0.2) is 101 Å². The lowest BCUT2D eigenvalue weighted by molar-refractivity contribution is -0.204. The molecular weight excluding hydrogens is 652 g/mol. The SMILES string of the molecule is CC[C@H]1[C@H]2[C@@H](CCCN3[C@H]2CC[C@H]3[C@@H]2C[C@H](C)C(=O)O2)O[C@]12C=C(C)C(=O)O2.C[C@@H]1C[C@]2(CCCCN3[C@H]2CC[C@H]3[C@@H]2C[C@H](C)C(=O)O2)OC1=O. The predicted octanol–water partition coefficient (Wildman–Crippen LogP) is 5.08. The van der Waals surface area contributed by atoms with Gasteiger partial charge in [0.15, 0.2) is 0 Å². The fourth-order valence-corrected chi connectivity index (χ4v) is 12.0. The van der Waals surface area contributed by atoms with Crippen LogP contribution in [0.1, 0.15) is 118 Å². The van der Waals surface area contributed by atoms with Crippen molar-refractivity contribution in [2.75, 3.05) is 13.1 Å². The summed E-state index contributed by atoms with van der Waals surface area (Å²) in [5.41, 5.74) is 0.360. The summed E-state index contributed by atoms with van der Waals surface area (Å²) in [6.45, 7) is 12.0. The number of cyclic esters (lactones) is 2. The molecule has 14 atom stereocenters. The van der Waals surface area contributed by atoms with Crippen LogP contribution in [0.2, 0.25) is 0 Å². The Morgan fingerprint density at radius 3 is 1.96 bits per heavy atom. The first-order chi connectivity index (χ1) is 24.4. The Bertz CT molecular complexity index is 1450. The van der Waals surface area contributed by atoms with Gasteiger partial charge in [-0.1, -0.05) is 27.7 Å². The second-order valence-electron chi connectivity index (χ2n) is 17.4. The average molecular weight is 711 g/mol. The minimum absolute atomic E-state index is 0.0104. The van der Waals surface area contributed by atoms with Crippen molar-refractivity contribution < 1.29 is 42.9 Å². The molecule has 51 heavy (non-hydrogen) atoms. The second-order valence-corrected chi connectivity index (χ2v) is 17.4. The molecular formula is C40H58N2O9. The largest absolute Gasteiger partial charge is 0.460 e. The summed E-state index contributed by atoms with van der Waals surface area (Å²) in [5.74, 6) is -0.688. The van der Waals surface area contributed by atoms with E-state index < -0.39 is 5.79 Å². The van der Waals surface area contributed by atoms with Crippen LogP contribution >= 0.6 is 0 Å². The van der Waals surface area contributed by atoms with Gasteiger partial charge in [-0.15, -0.1) is 0 Å². The topological polar surface area (TPSA) is 121 Å². The molecule has 9 heterocycles. The summed E-state index contributed by atoms with van der Waals surface area (Å²) >= 11 is 0. The Morgan fingerprint density at radius 2 is 1.37 bits per heavy atom. The lowest BCUT2D eigenvalue weighted by Crippen LogP contribution is -2.52. The number of hydrogen-bond donors (Lipinski definition) is 0. The zero-order valence-electron chi connectivity index (χ0n) is 31.2. The van der Waals surface area contributed by atoms with Crippen LogP contribution in [0.15, 0.2) is 11.6 Å². The normalized spacial score (nSPS) is 47.9. The lowest BCUT2D eigenvalue weighted by Gasteiger charge is -2.39. The highest BCUT2D eigenvalue weighted by atomic mass is 16.7. The third kappa shape index (κ3) is 5.96. The molecule has 9 aliphatic rings. The molecule has 0 amide bonds. The van der Waals surface area contributed by atoms with Crippen LogP contribution in [0.3, 0.4) is 0 Å².